The first-order chi connectivity index (χ1) is 30.5. The molecule has 0 saturated carbocycles. The quantitative estimate of drug-likeness (QED) is 0.141. The van der Waals surface area contributed by atoms with E-state index in [9.17, 15) is 0 Å². The number of halogens is 2. The molecule has 0 amide bonds. The first kappa shape index (κ1) is 38.2. The van der Waals surface area contributed by atoms with Crippen LogP contribution in [0.15, 0.2) is 225 Å². The lowest BCUT2D eigenvalue weighted by atomic mass is 9.67. The average Bonchev–Trinajstić information content (AvgIpc) is 3.61. The fourth-order valence-electron chi connectivity index (χ4n) is 8.83. The van der Waals surface area contributed by atoms with Gasteiger partial charge in [-0.25, -0.2) is 8.78 Å². The summed E-state index contributed by atoms with van der Waals surface area (Å²) in [4.78, 5) is 2.19. The third-order valence-electron chi connectivity index (χ3n) is 11.7. The van der Waals surface area contributed by atoms with E-state index in [1.165, 1.54) is 18.2 Å². The highest BCUT2D eigenvalue weighted by atomic mass is 19.1. The third-order valence-corrected chi connectivity index (χ3v) is 11.7. The number of hydrogen-bond acceptors (Lipinski definition) is 3. The van der Waals surface area contributed by atoms with Crippen LogP contribution in [0.2, 0.25) is 0 Å². The first-order valence-corrected chi connectivity index (χ1v) is 20.6. The molecule has 9 aromatic carbocycles. The minimum Gasteiger partial charge on any atom is -0.457 e. The van der Waals surface area contributed by atoms with Crippen molar-refractivity contribution in [3.63, 3.8) is 0 Å². The fourth-order valence-corrected chi connectivity index (χ4v) is 8.83. The summed E-state index contributed by atoms with van der Waals surface area (Å²) in [5.74, 6) is 0.0191. The Morgan fingerprint density at radius 1 is 0.468 bits per heavy atom. The molecular formula is C57H40F2N2O. The Hall–Kier alpha value is -8.02. The van der Waals surface area contributed by atoms with Gasteiger partial charge in [-0.3, -0.25) is 0 Å². The smallest absolute Gasteiger partial charge is 0.130 e. The molecule has 0 spiro atoms. The topological polar surface area (TPSA) is 24.5 Å². The number of benzene rings is 9. The number of ether oxygens (including phenoxy) is 1. The molecule has 0 aliphatic heterocycles. The summed E-state index contributed by atoms with van der Waals surface area (Å²) in [6.07, 6.45) is 1.78. The molecule has 62 heavy (non-hydrogen) atoms. The zero-order valence-electron chi connectivity index (χ0n) is 33.7. The molecule has 0 saturated heterocycles. The summed E-state index contributed by atoms with van der Waals surface area (Å²) < 4.78 is 39.5. The van der Waals surface area contributed by atoms with Gasteiger partial charge in [-0.15, -0.1) is 0 Å². The first-order valence-electron chi connectivity index (χ1n) is 20.6. The number of fused-ring (bicyclic) bond motifs is 3. The number of anilines is 5. The van der Waals surface area contributed by atoms with Gasteiger partial charge in [0, 0.05) is 34.0 Å². The lowest BCUT2D eigenvalue weighted by molar-refractivity contribution is 0.482. The molecule has 0 fully saturated rings. The second-order valence-electron chi connectivity index (χ2n) is 15.3. The lowest BCUT2D eigenvalue weighted by Crippen LogP contribution is -2.31. The SMILES string of the molecule is C=Cc1ccc(Oc2ccc(C3(c4c(F)cccc4F)c4ccccc4-c4ccc(N(c5ccccc5)c5ccc(-c6ccc(Nc7ccccc7)cc6)cc5)cc43)cc2)cc1. The normalized spacial score (nSPS) is 13.8. The highest BCUT2D eigenvalue weighted by Gasteiger charge is 2.49. The second kappa shape index (κ2) is 16.2. The van der Waals surface area contributed by atoms with Crippen LogP contribution in [0.1, 0.15) is 27.8 Å². The zero-order valence-corrected chi connectivity index (χ0v) is 33.7. The summed E-state index contributed by atoms with van der Waals surface area (Å²) in [5.41, 5.74) is 10.6. The van der Waals surface area contributed by atoms with Gasteiger partial charge in [0.05, 0.1) is 5.41 Å². The molecule has 1 N–H and O–H groups in total. The number of para-hydroxylation sites is 2. The molecule has 0 radical (unpaired) electrons. The van der Waals surface area contributed by atoms with Crippen LogP contribution < -0.4 is 15.0 Å². The standard InChI is InChI=1S/C57H40F2N2O/c1-2-39-20-33-48(34-21-39)62-49-35-26-42(27-36-49)57(56-54(58)18-11-19-55(56)59)52-17-10-9-16-50(52)51-37-32-47(38-53(51)57)61(45-14-7-4-8-15-45)46-30-24-41(25-31-46)40-22-28-44(29-23-40)60-43-12-5-3-6-13-43/h2-38,60H,1H2. The molecule has 1 aliphatic rings. The van der Waals surface area contributed by atoms with Crippen molar-refractivity contribution in [2.75, 3.05) is 10.2 Å². The zero-order chi connectivity index (χ0) is 42.0. The van der Waals surface area contributed by atoms with Gasteiger partial charge >= 0.3 is 0 Å². The molecule has 0 bridgehead atoms. The van der Waals surface area contributed by atoms with Crippen molar-refractivity contribution < 1.29 is 13.5 Å². The highest BCUT2D eigenvalue weighted by molar-refractivity contribution is 5.90. The Labute approximate surface area is 360 Å². The van der Waals surface area contributed by atoms with Crippen LogP contribution in [0, 0.1) is 11.6 Å². The Kier molecular flexibility index (Phi) is 9.99. The summed E-state index contributed by atoms with van der Waals surface area (Å²) in [6, 6.07) is 70.8. The Balaban J connectivity index is 1.09. The Bertz CT molecular complexity index is 3000. The molecule has 0 aromatic heterocycles. The van der Waals surface area contributed by atoms with E-state index in [1.54, 1.807) is 6.08 Å². The number of nitrogens with zero attached hydrogens (tertiary/aromatic N) is 1. The molecule has 0 heterocycles. The second-order valence-corrected chi connectivity index (χ2v) is 15.3. The maximum Gasteiger partial charge on any atom is 0.130 e. The molecule has 298 valence electrons. The van der Waals surface area contributed by atoms with Crippen LogP contribution in [-0.4, -0.2) is 0 Å². The van der Waals surface area contributed by atoms with Crippen LogP contribution in [0.3, 0.4) is 0 Å². The summed E-state index contributed by atoms with van der Waals surface area (Å²) in [5, 5.41) is 3.46. The van der Waals surface area contributed by atoms with Gasteiger partial charge in [0.15, 0.2) is 0 Å². The number of rotatable bonds is 11. The molecule has 9 aromatic rings. The van der Waals surface area contributed by atoms with E-state index < -0.39 is 17.0 Å². The molecule has 1 atom stereocenters. The minimum atomic E-state index is -1.35. The molecular weight excluding hydrogens is 767 g/mol. The van der Waals surface area contributed by atoms with E-state index in [2.05, 4.69) is 95.7 Å². The average molecular weight is 807 g/mol. The third kappa shape index (κ3) is 6.89. The van der Waals surface area contributed by atoms with Crippen LogP contribution in [0.5, 0.6) is 11.5 Å². The van der Waals surface area contributed by atoms with Crippen molar-refractivity contribution >= 4 is 34.5 Å². The van der Waals surface area contributed by atoms with E-state index in [4.69, 9.17) is 4.74 Å². The molecule has 10 rings (SSSR count). The van der Waals surface area contributed by atoms with E-state index in [0.717, 1.165) is 67.4 Å². The molecule has 3 nitrogen and oxygen atoms in total. The van der Waals surface area contributed by atoms with Crippen molar-refractivity contribution in [3.05, 3.63) is 264 Å². The lowest BCUT2D eigenvalue weighted by Gasteiger charge is -2.35. The molecule has 1 aliphatic carbocycles. The Morgan fingerprint density at radius 2 is 1.00 bits per heavy atom. The maximum absolute atomic E-state index is 16.7. The maximum atomic E-state index is 16.7. The van der Waals surface area contributed by atoms with Crippen LogP contribution in [0.25, 0.3) is 28.3 Å². The van der Waals surface area contributed by atoms with E-state index >= 15 is 8.78 Å². The van der Waals surface area contributed by atoms with Crippen LogP contribution >= 0.6 is 0 Å². The van der Waals surface area contributed by atoms with Crippen molar-refractivity contribution in [1.29, 1.82) is 0 Å². The van der Waals surface area contributed by atoms with Gasteiger partial charge in [-0.05, 0) is 142 Å². The van der Waals surface area contributed by atoms with Crippen molar-refractivity contribution in [1.82, 2.24) is 0 Å². The van der Waals surface area contributed by atoms with Gasteiger partial charge in [0.1, 0.15) is 23.1 Å². The summed E-state index contributed by atoms with van der Waals surface area (Å²) >= 11 is 0. The molecule has 5 heteroatoms. The van der Waals surface area contributed by atoms with Crippen molar-refractivity contribution in [2.24, 2.45) is 0 Å². The summed E-state index contributed by atoms with van der Waals surface area (Å²) in [7, 11) is 0. The van der Waals surface area contributed by atoms with E-state index in [1.807, 2.05) is 121 Å². The van der Waals surface area contributed by atoms with Gasteiger partial charge in [0.25, 0.3) is 0 Å². The van der Waals surface area contributed by atoms with Crippen LogP contribution in [-0.2, 0) is 5.41 Å². The summed E-state index contributed by atoms with van der Waals surface area (Å²) in [6.45, 7) is 3.84. The minimum absolute atomic E-state index is 0.0300. The van der Waals surface area contributed by atoms with E-state index in [0.29, 0.717) is 17.1 Å². The number of hydrogen-bond donors (Lipinski definition) is 1. The van der Waals surface area contributed by atoms with Gasteiger partial charge in [0.2, 0.25) is 0 Å². The largest absolute Gasteiger partial charge is 0.457 e. The predicted molar refractivity (Wildman–Crippen MR) is 250 cm³/mol. The van der Waals surface area contributed by atoms with Gasteiger partial charge in [-0.2, -0.15) is 0 Å². The van der Waals surface area contributed by atoms with Crippen molar-refractivity contribution in [3.8, 4) is 33.8 Å². The highest BCUT2D eigenvalue weighted by Crippen LogP contribution is 2.58. The predicted octanol–water partition coefficient (Wildman–Crippen LogP) is 15.6. The Morgan fingerprint density at radius 3 is 1.66 bits per heavy atom. The van der Waals surface area contributed by atoms with Crippen LogP contribution in [0.4, 0.5) is 37.2 Å². The monoisotopic (exact) mass is 806 g/mol. The number of nitrogens with one attached hydrogen (secondary N) is 1. The van der Waals surface area contributed by atoms with Gasteiger partial charge < -0.3 is 15.0 Å². The van der Waals surface area contributed by atoms with Crippen molar-refractivity contribution in [2.45, 2.75) is 5.41 Å². The van der Waals surface area contributed by atoms with Gasteiger partial charge in [-0.1, -0.05) is 134 Å². The van der Waals surface area contributed by atoms with E-state index in [-0.39, 0.29) is 5.56 Å². The molecule has 1 unspecified atom stereocenters. The fraction of sp³-hybridized carbons (Fsp3) is 0.0175.